The van der Waals surface area contributed by atoms with E-state index in [1.165, 1.54) is 0 Å². The van der Waals surface area contributed by atoms with Crippen LogP contribution in [0.1, 0.15) is 11.1 Å². The van der Waals surface area contributed by atoms with Crippen molar-refractivity contribution in [3.63, 3.8) is 0 Å². The minimum Gasteiger partial charge on any atom is -0.548 e. The van der Waals surface area contributed by atoms with Gasteiger partial charge in [0.25, 0.3) is 0 Å². The van der Waals surface area contributed by atoms with Crippen molar-refractivity contribution in [3.8, 4) is 0 Å². The first-order chi connectivity index (χ1) is 4.72. The van der Waals surface area contributed by atoms with E-state index in [-0.39, 0.29) is 35.4 Å². The molecule has 0 aliphatic rings. The largest absolute Gasteiger partial charge is 1.00 e. The number of aliphatic carboxylic acids is 1. The number of H-pyrrole nitrogens is 1. The second kappa shape index (κ2) is 4.70. The minimum atomic E-state index is -1.34. The molecule has 0 radical (unpaired) electrons. The number of nitrogens with one attached hydrogen (secondary N) is 1. The van der Waals surface area contributed by atoms with Crippen molar-refractivity contribution in [2.75, 3.05) is 0 Å². The van der Waals surface area contributed by atoms with Crippen molar-refractivity contribution in [2.24, 2.45) is 0 Å². The zero-order valence-electron chi connectivity index (χ0n) is 5.68. The average molecular weight is 182 g/mol. The predicted octanol–water partition coefficient (Wildman–Crippen LogP) is -5.08. The number of hydrogen-bond donors (Lipinski definition) is 2. The Hall–Kier alpha value is -0.110. The van der Waals surface area contributed by atoms with E-state index in [0.717, 1.165) is 0 Å². The fourth-order valence-corrected chi connectivity index (χ4v) is 0.500. The van der Waals surface area contributed by atoms with Crippen molar-refractivity contribution in [2.45, 2.75) is 5.25 Å². The van der Waals surface area contributed by atoms with Crippen LogP contribution in [0, 0.1) is 0 Å². The summed E-state index contributed by atoms with van der Waals surface area (Å²) in [6.07, 6.45) is 0. The van der Waals surface area contributed by atoms with Gasteiger partial charge in [0.15, 0.2) is 5.82 Å². The maximum absolute atomic E-state index is 10.1. The van der Waals surface area contributed by atoms with Crippen LogP contribution in [0.4, 0.5) is 0 Å². The van der Waals surface area contributed by atoms with Crippen LogP contribution in [-0.2, 0) is 4.79 Å². The third-order valence-corrected chi connectivity index (χ3v) is 1.27. The standard InChI is InChI=1S/C3H4N4O2S.Na/c8-3(9)1(10)2-4-6-7-5-2;/h1,10H,(H,8,9)(H,4,5,6,7);/q;+1/p-1. The van der Waals surface area contributed by atoms with Gasteiger partial charge in [0.1, 0.15) is 5.25 Å². The Balaban J connectivity index is 0.000001000. The van der Waals surface area contributed by atoms with Gasteiger partial charge in [-0.2, -0.15) is 17.8 Å². The number of carbonyl (C=O) groups excluding carboxylic acids is 1. The Kier molecular flexibility index (Phi) is 4.66. The van der Waals surface area contributed by atoms with E-state index in [0.29, 0.717) is 0 Å². The molecule has 0 aromatic carbocycles. The van der Waals surface area contributed by atoms with Gasteiger partial charge in [-0.1, -0.05) is 5.21 Å². The molecule has 1 rings (SSSR count). The smallest absolute Gasteiger partial charge is 0.548 e. The Morgan fingerprint density at radius 3 is 2.73 bits per heavy atom. The van der Waals surface area contributed by atoms with Crippen LogP contribution in [0.5, 0.6) is 0 Å². The third-order valence-electron chi connectivity index (χ3n) is 0.830. The second-order valence-electron chi connectivity index (χ2n) is 1.49. The number of rotatable bonds is 2. The number of nitrogens with zero attached hydrogens (tertiary/aromatic N) is 3. The van der Waals surface area contributed by atoms with Crippen molar-refractivity contribution < 1.29 is 39.5 Å². The SMILES string of the molecule is O=C([O-])C(S)c1nn[nH]n1.[Na+]. The molecule has 0 aliphatic heterocycles. The fraction of sp³-hybridized carbons (Fsp3) is 0.333. The normalized spacial score (nSPS) is 11.7. The summed E-state index contributed by atoms with van der Waals surface area (Å²) in [4.78, 5) is 10.1. The van der Waals surface area contributed by atoms with Gasteiger partial charge in [-0.15, -0.1) is 10.2 Å². The number of carbonyl (C=O) groups is 1. The molecule has 1 unspecified atom stereocenters. The van der Waals surface area contributed by atoms with E-state index in [4.69, 9.17) is 0 Å². The first-order valence-electron chi connectivity index (χ1n) is 2.34. The van der Waals surface area contributed by atoms with Crippen LogP contribution in [-0.4, -0.2) is 26.6 Å². The quantitative estimate of drug-likeness (QED) is 0.352. The number of tetrazole rings is 1. The van der Waals surface area contributed by atoms with Crippen LogP contribution in [0.3, 0.4) is 0 Å². The van der Waals surface area contributed by atoms with Gasteiger partial charge >= 0.3 is 29.6 Å². The van der Waals surface area contributed by atoms with Crippen LogP contribution < -0.4 is 34.7 Å². The van der Waals surface area contributed by atoms with Crippen molar-refractivity contribution in [1.82, 2.24) is 20.6 Å². The summed E-state index contributed by atoms with van der Waals surface area (Å²) < 4.78 is 0. The third kappa shape index (κ3) is 2.78. The number of aromatic amines is 1. The molecule has 1 aromatic heterocycles. The Labute approximate surface area is 89.5 Å². The molecule has 1 N–H and O–H groups in total. The molecule has 0 saturated carbocycles. The van der Waals surface area contributed by atoms with Crippen LogP contribution in [0.25, 0.3) is 0 Å². The maximum atomic E-state index is 10.1. The predicted molar refractivity (Wildman–Crippen MR) is 30.9 cm³/mol. The van der Waals surface area contributed by atoms with E-state index < -0.39 is 11.2 Å². The topological polar surface area (TPSA) is 94.6 Å². The fourth-order valence-electron chi connectivity index (χ4n) is 0.391. The summed E-state index contributed by atoms with van der Waals surface area (Å²) >= 11 is 3.63. The van der Waals surface area contributed by atoms with Gasteiger partial charge in [-0.05, 0) is 0 Å². The van der Waals surface area contributed by atoms with Crippen LogP contribution in [0.2, 0.25) is 0 Å². The summed E-state index contributed by atoms with van der Waals surface area (Å²) in [5, 5.41) is 21.0. The van der Waals surface area contributed by atoms with Crippen molar-refractivity contribution >= 4 is 18.6 Å². The molecule has 6 nitrogen and oxygen atoms in total. The van der Waals surface area contributed by atoms with Crippen LogP contribution in [0.15, 0.2) is 0 Å². The number of hydrogen-bond acceptors (Lipinski definition) is 6. The van der Waals surface area contributed by atoms with Gasteiger partial charge < -0.3 is 9.90 Å². The van der Waals surface area contributed by atoms with E-state index in [1.807, 2.05) is 0 Å². The van der Waals surface area contributed by atoms with E-state index >= 15 is 0 Å². The van der Waals surface area contributed by atoms with Crippen molar-refractivity contribution in [1.29, 1.82) is 0 Å². The minimum absolute atomic E-state index is 0. The first kappa shape index (κ1) is 10.9. The molecule has 0 aliphatic carbocycles. The molecular formula is C3H3N4NaO2S. The number of thiol groups is 1. The first-order valence-corrected chi connectivity index (χ1v) is 2.85. The van der Waals surface area contributed by atoms with Crippen molar-refractivity contribution in [3.05, 3.63) is 5.82 Å². The molecule has 0 bridgehead atoms. The maximum Gasteiger partial charge on any atom is 1.00 e. The number of aromatic nitrogens is 4. The second-order valence-corrected chi connectivity index (χ2v) is 2.01. The average Bonchev–Trinajstić information content (AvgIpc) is 2.36. The summed E-state index contributed by atoms with van der Waals surface area (Å²) in [5.41, 5.74) is 0. The molecule has 1 heterocycles. The van der Waals surface area contributed by atoms with Gasteiger partial charge in [0.2, 0.25) is 0 Å². The van der Waals surface area contributed by atoms with E-state index in [9.17, 15) is 9.90 Å². The monoisotopic (exact) mass is 182 g/mol. The summed E-state index contributed by atoms with van der Waals surface area (Å²) in [6.45, 7) is 0. The zero-order valence-corrected chi connectivity index (χ0v) is 8.58. The molecule has 0 saturated heterocycles. The summed E-state index contributed by atoms with van der Waals surface area (Å²) in [5.74, 6) is -1.34. The molecule has 0 spiro atoms. The molecule has 1 atom stereocenters. The number of carboxylic acid groups (broad SMARTS) is 1. The van der Waals surface area contributed by atoms with Gasteiger partial charge in [-0.25, -0.2) is 0 Å². The summed E-state index contributed by atoms with van der Waals surface area (Å²) in [6, 6.07) is 0. The Morgan fingerprint density at radius 2 is 2.36 bits per heavy atom. The molecule has 8 heteroatoms. The summed E-state index contributed by atoms with van der Waals surface area (Å²) in [7, 11) is 0. The van der Waals surface area contributed by atoms with E-state index in [2.05, 4.69) is 33.3 Å². The molecule has 0 amide bonds. The number of carboxylic acids is 1. The molecule has 0 fully saturated rings. The van der Waals surface area contributed by atoms with Gasteiger partial charge in [-0.3, -0.25) is 0 Å². The van der Waals surface area contributed by atoms with E-state index in [1.54, 1.807) is 0 Å². The zero-order chi connectivity index (χ0) is 7.56. The van der Waals surface area contributed by atoms with Gasteiger partial charge in [0, 0.05) is 0 Å². The Morgan fingerprint density at radius 1 is 1.73 bits per heavy atom. The molecule has 11 heavy (non-hydrogen) atoms. The van der Waals surface area contributed by atoms with Gasteiger partial charge in [0.05, 0.1) is 5.97 Å². The molecule has 1 aromatic rings. The molecular weight excluding hydrogens is 179 g/mol. The van der Waals surface area contributed by atoms with Crippen LogP contribution >= 0.6 is 12.6 Å². The Bertz CT molecular complexity index is 227. The molecule has 54 valence electrons.